The Morgan fingerprint density at radius 3 is 2.00 bits per heavy atom. The first-order valence-electron chi connectivity index (χ1n) is 6.17. The summed E-state index contributed by atoms with van der Waals surface area (Å²) in [7, 11) is 4.12. The van der Waals surface area contributed by atoms with Crippen LogP contribution < -0.4 is 4.74 Å². The average molecular weight is 241 g/mol. The smallest absolute Gasteiger partial charge is 0.136 e. The maximum Gasteiger partial charge on any atom is 0.136 e. The summed E-state index contributed by atoms with van der Waals surface area (Å²) in [6.45, 7) is 0.860. The van der Waals surface area contributed by atoms with Crippen LogP contribution in [0.15, 0.2) is 60.7 Å². The molecule has 0 spiro atoms. The standard InChI is InChI=1S/C16H19NO/c1-17(2)13-16(14-9-5-3-6-10-14)18-15-11-7-4-8-12-15/h3-12,16H,13H2,1-2H3. The van der Waals surface area contributed by atoms with E-state index in [9.17, 15) is 0 Å². The number of hydrogen-bond acceptors (Lipinski definition) is 2. The van der Waals surface area contributed by atoms with E-state index in [1.807, 2.05) is 48.5 Å². The Kier molecular flexibility index (Phi) is 4.37. The third-order valence-corrected chi connectivity index (χ3v) is 2.72. The molecule has 0 aliphatic rings. The van der Waals surface area contributed by atoms with Gasteiger partial charge in [-0.25, -0.2) is 0 Å². The molecule has 0 aromatic heterocycles. The van der Waals surface area contributed by atoms with Crippen LogP contribution in [-0.2, 0) is 0 Å². The molecule has 0 aliphatic carbocycles. The molecule has 0 heterocycles. The van der Waals surface area contributed by atoms with Crippen LogP contribution in [0.3, 0.4) is 0 Å². The SMILES string of the molecule is CN(C)CC(Oc1ccccc1)c1ccccc1. The van der Waals surface area contributed by atoms with E-state index in [0.717, 1.165) is 12.3 Å². The van der Waals surface area contributed by atoms with E-state index < -0.39 is 0 Å². The molecule has 2 nitrogen and oxygen atoms in total. The first kappa shape index (κ1) is 12.7. The van der Waals surface area contributed by atoms with Crippen molar-refractivity contribution in [3.8, 4) is 5.75 Å². The monoisotopic (exact) mass is 241 g/mol. The molecule has 0 aliphatic heterocycles. The van der Waals surface area contributed by atoms with E-state index in [1.165, 1.54) is 5.56 Å². The fourth-order valence-corrected chi connectivity index (χ4v) is 1.87. The summed E-state index contributed by atoms with van der Waals surface area (Å²) in [6, 6.07) is 20.3. The Hall–Kier alpha value is -1.80. The van der Waals surface area contributed by atoms with Crippen molar-refractivity contribution >= 4 is 0 Å². The number of ether oxygens (including phenoxy) is 1. The Labute approximate surface area is 109 Å². The molecule has 2 aromatic rings. The average Bonchev–Trinajstić information content (AvgIpc) is 2.40. The molecule has 1 atom stereocenters. The molecule has 18 heavy (non-hydrogen) atoms. The summed E-state index contributed by atoms with van der Waals surface area (Å²) in [5, 5.41) is 0. The molecular formula is C16H19NO. The maximum atomic E-state index is 6.07. The zero-order valence-electron chi connectivity index (χ0n) is 10.9. The lowest BCUT2D eigenvalue weighted by Gasteiger charge is -2.23. The lowest BCUT2D eigenvalue weighted by molar-refractivity contribution is 0.162. The molecule has 0 fully saturated rings. The first-order valence-corrected chi connectivity index (χ1v) is 6.17. The number of para-hydroxylation sites is 1. The zero-order valence-corrected chi connectivity index (χ0v) is 10.9. The molecule has 0 bridgehead atoms. The highest BCUT2D eigenvalue weighted by molar-refractivity contribution is 5.24. The van der Waals surface area contributed by atoms with Crippen molar-refractivity contribution in [2.75, 3.05) is 20.6 Å². The van der Waals surface area contributed by atoms with Gasteiger partial charge in [-0.3, -0.25) is 0 Å². The highest BCUT2D eigenvalue weighted by atomic mass is 16.5. The quantitative estimate of drug-likeness (QED) is 0.795. The van der Waals surface area contributed by atoms with E-state index in [4.69, 9.17) is 4.74 Å². The van der Waals surface area contributed by atoms with Gasteiger partial charge >= 0.3 is 0 Å². The molecule has 0 saturated heterocycles. The minimum absolute atomic E-state index is 0.0589. The normalized spacial score (nSPS) is 12.4. The minimum atomic E-state index is 0.0589. The fraction of sp³-hybridized carbons (Fsp3) is 0.250. The maximum absolute atomic E-state index is 6.07. The molecule has 94 valence electrons. The van der Waals surface area contributed by atoms with Gasteiger partial charge in [0, 0.05) is 6.54 Å². The van der Waals surface area contributed by atoms with Crippen LogP contribution in [0.25, 0.3) is 0 Å². The van der Waals surface area contributed by atoms with Crippen LogP contribution in [0.4, 0.5) is 0 Å². The Morgan fingerprint density at radius 1 is 0.889 bits per heavy atom. The van der Waals surface area contributed by atoms with Crippen LogP contribution in [0.1, 0.15) is 11.7 Å². The second-order valence-electron chi connectivity index (χ2n) is 4.59. The molecule has 0 amide bonds. The van der Waals surface area contributed by atoms with Gasteiger partial charge in [-0.2, -0.15) is 0 Å². The molecule has 2 rings (SSSR count). The highest BCUT2D eigenvalue weighted by Crippen LogP contribution is 2.22. The van der Waals surface area contributed by atoms with Crippen LogP contribution in [0.2, 0.25) is 0 Å². The van der Waals surface area contributed by atoms with Crippen molar-refractivity contribution in [1.29, 1.82) is 0 Å². The van der Waals surface area contributed by atoms with E-state index in [0.29, 0.717) is 0 Å². The molecule has 2 heteroatoms. The van der Waals surface area contributed by atoms with Crippen LogP contribution in [0, 0.1) is 0 Å². The number of nitrogens with zero attached hydrogens (tertiary/aromatic N) is 1. The zero-order chi connectivity index (χ0) is 12.8. The lowest BCUT2D eigenvalue weighted by atomic mass is 10.1. The predicted octanol–water partition coefficient (Wildman–Crippen LogP) is 3.37. The van der Waals surface area contributed by atoms with Gasteiger partial charge < -0.3 is 9.64 Å². The van der Waals surface area contributed by atoms with E-state index in [2.05, 4.69) is 31.1 Å². The van der Waals surface area contributed by atoms with Crippen LogP contribution >= 0.6 is 0 Å². The topological polar surface area (TPSA) is 12.5 Å². The van der Waals surface area contributed by atoms with Gasteiger partial charge in [-0.05, 0) is 31.8 Å². The van der Waals surface area contributed by atoms with Gasteiger partial charge in [-0.15, -0.1) is 0 Å². The van der Waals surface area contributed by atoms with Crippen LogP contribution in [0.5, 0.6) is 5.75 Å². The highest BCUT2D eigenvalue weighted by Gasteiger charge is 2.13. The van der Waals surface area contributed by atoms with Crippen molar-refractivity contribution in [1.82, 2.24) is 4.90 Å². The third-order valence-electron chi connectivity index (χ3n) is 2.72. The number of rotatable bonds is 5. The molecule has 0 radical (unpaired) electrons. The molecule has 1 unspecified atom stereocenters. The van der Waals surface area contributed by atoms with Crippen molar-refractivity contribution < 1.29 is 4.74 Å². The number of likely N-dealkylation sites (N-methyl/N-ethyl adjacent to an activating group) is 1. The van der Waals surface area contributed by atoms with Gasteiger partial charge in [0.1, 0.15) is 11.9 Å². The summed E-state index contributed by atoms with van der Waals surface area (Å²) < 4.78 is 6.07. The molecule has 0 saturated carbocycles. The van der Waals surface area contributed by atoms with E-state index in [1.54, 1.807) is 0 Å². The van der Waals surface area contributed by atoms with Gasteiger partial charge in [0.2, 0.25) is 0 Å². The van der Waals surface area contributed by atoms with Gasteiger partial charge in [0.25, 0.3) is 0 Å². The Balaban J connectivity index is 2.16. The van der Waals surface area contributed by atoms with E-state index in [-0.39, 0.29) is 6.10 Å². The Bertz CT molecular complexity index is 453. The first-order chi connectivity index (χ1) is 8.75. The van der Waals surface area contributed by atoms with Crippen molar-refractivity contribution in [3.63, 3.8) is 0 Å². The summed E-state index contributed by atoms with van der Waals surface area (Å²) in [5.41, 5.74) is 1.20. The number of hydrogen-bond donors (Lipinski definition) is 0. The van der Waals surface area contributed by atoms with Crippen molar-refractivity contribution in [2.24, 2.45) is 0 Å². The summed E-state index contributed by atoms with van der Waals surface area (Å²) >= 11 is 0. The molecular weight excluding hydrogens is 222 g/mol. The van der Waals surface area contributed by atoms with Crippen LogP contribution in [-0.4, -0.2) is 25.5 Å². The second kappa shape index (κ2) is 6.22. The van der Waals surface area contributed by atoms with Gasteiger partial charge in [0.05, 0.1) is 0 Å². The number of benzene rings is 2. The summed E-state index contributed by atoms with van der Waals surface area (Å²) in [5.74, 6) is 0.910. The second-order valence-corrected chi connectivity index (χ2v) is 4.59. The minimum Gasteiger partial charge on any atom is -0.484 e. The summed E-state index contributed by atoms with van der Waals surface area (Å²) in [4.78, 5) is 2.14. The predicted molar refractivity (Wildman–Crippen MR) is 74.8 cm³/mol. The van der Waals surface area contributed by atoms with Gasteiger partial charge in [0.15, 0.2) is 0 Å². The fourth-order valence-electron chi connectivity index (χ4n) is 1.87. The van der Waals surface area contributed by atoms with E-state index >= 15 is 0 Å². The van der Waals surface area contributed by atoms with Crippen molar-refractivity contribution in [3.05, 3.63) is 66.2 Å². The van der Waals surface area contributed by atoms with Gasteiger partial charge in [-0.1, -0.05) is 48.5 Å². The third kappa shape index (κ3) is 3.60. The molecule has 0 N–H and O–H groups in total. The Morgan fingerprint density at radius 2 is 1.44 bits per heavy atom. The molecule has 2 aromatic carbocycles. The van der Waals surface area contributed by atoms with Crippen molar-refractivity contribution in [2.45, 2.75) is 6.10 Å². The lowest BCUT2D eigenvalue weighted by Crippen LogP contribution is -2.24. The summed E-state index contributed by atoms with van der Waals surface area (Å²) in [6.07, 6.45) is 0.0589. The largest absolute Gasteiger partial charge is 0.484 e.